The SMILES string of the molecule is Cc1ccc(N)cc1NC(=O)CCSCc1ccco1. The van der Waals surface area contributed by atoms with Crippen LogP contribution >= 0.6 is 11.8 Å². The standard InChI is InChI=1S/C15H18N2O2S/c1-11-4-5-12(16)9-14(11)17-15(18)6-8-20-10-13-3-2-7-19-13/h2-5,7,9H,6,8,10,16H2,1H3,(H,17,18). The molecule has 2 rings (SSSR count). The van der Waals surface area contributed by atoms with E-state index in [1.54, 1.807) is 24.1 Å². The maximum atomic E-state index is 11.8. The van der Waals surface area contributed by atoms with Gasteiger partial charge in [0.25, 0.3) is 0 Å². The summed E-state index contributed by atoms with van der Waals surface area (Å²) < 4.78 is 5.23. The number of hydrogen-bond acceptors (Lipinski definition) is 4. The number of hydrogen-bond donors (Lipinski definition) is 2. The van der Waals surface area contributed by atoms with Crippen molar-refractivity contribution in [2.45, 2.75) is 19.1 Å². The number of anilines is 2. The van der Waals surface area contributed by atoms with Crippen LogP contribution in [0.15, 0.2) is 41.0 Å². The topological polar surface area (TPSA) is 68.3 Å². The highest BCUT2D eigenvalue weighted by Gasteiger charge is 2.05. The van der Waals surface area contributed by atoms with Crippen molar-refractivity contribution in [2.75, 3.05) is 16.8 Å². The molecule has 1 heterocycles. The molecule has 4 nitrogen and oxygen atoms in total. The van der Waals surface area contributed by atoms with Gasteiger partial charge in [0.2, 0.25) is 5.91 Å². The number of nitrogens with two attached hydrogens (primary N) is 1. The average Bonchev–Trinajstić information content (AvgIpc) is 2.92. The molecule has 0 aliphatic carbocycles. The Kier molecular flexibility index (Phi) is 5.12. The second-order valence-corrected chi connectivity index (χ2v) is 5.61. The maximum absolute atomic E-state index is 11.8. The van der Waals surface area contributed by atoms with Crippen LogP contribution in [0.1, 0.15) is 17.7 Å². The van der Waals surface area contributed by atoms with E-state index in [4.69, 9.17) is 10.2 Å². The molecule has 1 amide bonds. The highest BCUT2D eigenvalue weighted by Crippen LogP contribution is 2.19. The van der Waals surface area contributed by atoms with Gasteiger partial charge in [0.1, 0.15) is 5.76 Å². The van der Waals surface area contributed by atoms with Crippen LogP contribution in [0.5, 0.6) is 0 Å². The summed E-state index contributed by atoms with van der Waals surface area (Å²) in [6.45, 7) is 1.95. The lowest BCUT2D eigenvalue weighted by molar-refractivity contribution is -0.115. The number of carbonyl (C=O) groups is 1. The molecule has 0 unspecified atom stereocenters. The minimum absolute atomic E-state index is 0.00523. The Balaban J connectivity index is 1.73. The summed E-state index contributed by atoms with van der Waals surface area (Å²) in [6, 6.07) is 9.30. The third-order valence-corrected chi connectivity index (χ3v) is 3.82. The van der Waals surface area contributed by atoms with E-state index in [-0.39, 0.29) is 5.91 Å². The summed E-state index contributed by atoms with van der Waals surface area (Å²) in [5.74, 6) is 2.48. The fourth-order valence-corrected chi connectivity index (χ4v) is 2.56. The highest BCUT2D eigenvalue weighted by atomic mass is 32.2. The number of benzene rings is 1. The van der Waals surface area contributed by atoms with Crippen LogP contribution in [-0.4, -0.2) is 11.7 Å². The fourth-order valence-electron chi connectivity index (χ4n) is 1.72. The van der Waals surface area contributed by atoms with Crippen molar-refractivity contribution < 1.29 is 9.21 Å². The Labute approximate surface area is 122 Å². The molecular formula is C15H18N2O2S. The third-order valence-electron chi connectivity index (χ3n) is 2.83. The molecule has 0 fully saturated rings. The maximum Gasteiger partial charge on any atom is 0.225 e. The smallest absolute Gasteiger partial charge is 0.225 e. The van der Waals surface area contributed by atoms with Crippen LogP contribution in [-0.2, 0) is 10.5 Å². The van der Waals surface area contributed by atoms with E-state index in [2.05, 4.69) is 5.32 Å². The molecule has 5 heteroatoms. The average molecular weight is 290 g/mol. The molecule has 106 valence electrons. The Morgan fingerprint density at radius 1 is 1.40 bits per heavy atom. The van der Waals surface area contributed by atoms with Gasteiger partial charge in [0.05, 0.1) is 12.0 Å². The first-order chi connectivity index (χ1) is 9.65. The number of carbonyl (C=O) groups excluding carboxylic acids is 1. The van der Waals surface area contributed by atoms with Gasteiger partial charge in [0.15, 0.2) is 0 Å². The minimum Gasteiger partial charge on any atom is -0.468 e. The monoisotopic (exact) mass is 290 g/mol. The van der Waals surface area contributed by atoms with Gasteiger partial charge in [-0.25, -0.2) is 0 Å². The van der Waals surface area contributed by atoms with Crippen molar-refractivity contribution in [3.05, 3.63) is 47.9 Å². The Bertz CT molecular complexity index is 567. The number of aryl methyl sites for hydroxylation is 1. The first-order valence-corrected chi connectivity index (χ1v) is 7.57. The summed E-state index contributed by atoms with van der Waals surface area (Å²) in [7, 11) is 0. The molecule has 0 radical (unpaired) electrons. The van der Waals surface area contributed by atoms with E-state index in [0.29, 0.717) is 12.1 Å². The van der Waals surface area contributed by atoms with Gasteiger partial charge in [-0.2, -0.15) is 11.8 Å². The van der Waals surface area contributed by atoms with Crippen molar-refractivity contribution in [1.82, 2.24) is 0 Å². The second-order valence-electron chi connectivity index (χ2n) is 4.50. The van der Waals surface area contributed by atoms with E-state index in [1.807, 2.05) is 31.2 Å². The molecule has 0 bridgehead atoms. The Morgan fingerprint density at radius 2 is 2.25 bits per heavy atom. The van der Waals surface area contributed by atoms with Gasteiger partial charge >= 0.3 is 0 Å². The van der Waals surface area contributed by atoms with E-state index in [0.717, 1.165) is 28.5 Å². The zero-order valence-electron chi connectivity index (χ0n) is 11.4. The van der Waals surface area contributed by atoms with Crippen LogP contribution < -0.4 is 11.1 Å². The van der Waals surface area contributed by atoms with E-state index in [9.17, 15) is 4.79 Å². The normalized spacial score (nSPS) is 10.4. The summed E-state index contributed by atoms with van der Waals surface area (Å²) in [5, 5.41) is 2.89. The summed E-state index contributed by atoms with van der Waals surface area (Å²) in [6.07, 6.45) is 2.13. The number of nitrogens with one attached hydrogen (secondary N) is 1. The molecule has 0 aliphatic rings. The second kappa shape index (κ2) is 7.05. The number of furan rings is 1. The van der Waals surface area contributed by atoms with Crippen molar-refractivity contribution >= 4 is 29.0 Å². The minimum atomic E-state index is 0.00523. The number of amides is 1. The van der Waals surface area contributed by atoms with Crippen LogP contribution in [0.2, 0.25) is 0 Å². The molecule has 2 aromatic rings. The van der Waals surface area contributed by atoms with Crippen molar-refractivity contribution in [1.29, 1.82) is 0 Å². The Morgan fingerprint density at radius 3 is 3.00 bits per heavy atom. The lowest BCUT2D eigenvalue weighted by atomic mass is 10.2. The van der Waals surface area contributed by atoms with Crippen molar-refractivity contribution in [3.8, 4) is 0 Å². The van der Waals surface area contributed by atoms with Gasteiger partial charge in [0, 0.05) is 23.5 Å². The van der Waals surface area contributed by atoms with Crippen molar-refractivity contribution in [3.63, 3.8) is 0 Å². The molecular weight excluding hydrogens is 272 g/mol. The molecule has 1 aromatic heterocycles. The predicted octanol–water partition coefficient (Wildman–Crippen LogP) is 3.43. The highest BCUT2D eigenvalue weighted by molar-refractivity contribution is 7.98. The quantitative estimate of drug-likeness (QED) is 0.631. The zero-order valence-corrected chi connectivity index (χ0v) is 12.2. The van der Waals surface area contributed by atoms with Crippen molar-refractivity contribution in [2.24, 2.45) is 0 Å². The first kappa shape index (κ1) is 14.5. The molecule has 20 heavy (non-hydrogen) atoms. The van der Waals surface area contributed by atoms with Crippen LogP contribution in [0, 0.1) is 6.92 Å². The van der Waals surface area contributed by atoms with Gasteiger partial charge in [-0.1, -0.05) is 6.07 Å². The van der Waals surface area contributed by atoms with Gasteiger partial charge in [-0.05, 0) is 36.8 Å². The molecule has 0 spiro atoms. The van der Waals surface area contributed by atoms with E-state index >= 15 is 0 Å². The van der Waals surface area contributed by atoms with Gasteiger partial charge < -0.3 is 15.5 Å². The first-order valence-electron chi connectivity index (χ1n) is 6.41. The molecule has 3 N–H and O–H groups in total. The number of rotatable bonds is 6. The van der Waals surface area contributed by atoms with Crippen LogP contribution in [0.25, 0.3) is 0 Å². The molecule has 0 aliphatic heterocycles. The van der Waals surface area contributed by atoms with Crippen LogP contribution in [0.4, 0.5) is 11.4 Å². The van der Waals surface area contributed by atoms with Gasteiger partial charge in [-0.3, -0.25) is 4.79 Å². The Hall–Kier alpha value is -1.88. The zero-order chi connectivity index (χ0) is 14.4. The van der Waals surface area contributed by atoms with E-state index < -0.39 is 0 Å². The lowest BCUT2D eigenvalue weighted by Crippen LogP contribution is -2.13. The summed E-state index contributed by atoms with van der Waals surface area (Å²) in [5.41, 5.74) is 8.16. The molecule has 1 aromatic carbocycles. The van der Waals surface area contributed by atoms with Gasteiger partial charge in [-0.15, -0.1) is 0 Å². The predicted molar refractivity (Wildman–Crippen MR) is 83.7 cm³/mol. The largest absolute Gasteiger partial charge is 0.468 e. The number of thioether (sulfide) groups is 1. The fraction of sp³-hybridized carbons (Fsp3) is 0.267. The lowest BCUT2D eigenvalue weighted by Gasteiger charge is -2.09. The number of nitrogen functional groups attached to an aromatic ring is 1. The molecule has 0 saturated heterocycles. The molecule has 0 atom stereocenters. The summed E-state index contributed by atoms with van der Waals surface area (Å²) >= 11 is 1.68. The van der Waals surface area contributed by atoms with Crippen LogP contribution in [0.3, 0.4) is 0 Å². The summed E-state index contributed by atoms with van der Waals surface area (Å²) in [4.78, 5) is 11.8. The molecule has 0 saturated carbocycles. The van der Waals surface area contributed by atoms with E-state index in [1.165, 1.54) is 0 Å². The third kappa shape index (κ3) is 4.35.